The maximum absolute atomic E-state index is 11.1. The molecule has 102 valence electrons. The van der Waals surface area contributed by atoms with E-state index in [9.17, 15) is 14.9 Å². The highest BCUT2D eigenvalue weighted by Gasteiger charge is 2.17. The van der Waals surface area contributed by atoms with Crippen LogP contribution in [0.4, 0.5) is 5.69 Å². The van der Waals surface area contributed by atoms with Gasteiger partial charge in [0, 0.05) is 6.07 Å². The third kappa shape index (κ3) is 3.27. The van der Waals surface area contributed by atoms with Gasteiger partial charge in [0.1, 0.15) is 5.69 Å². The average Bonchev–Trinajstić information content (AvgIpc) is 2.34. The second kappa shape index (κ2) is 5.94. The van der Waals surface area contributed by atoms with Crippen molar-refractivity contribution in [2.45, 2.75) is 26.7 Å². The number of nitrogens with two attached hydrogens (primary N) is 1. The van der Waals surface area contributed by atoms with Crippen molar-refractivity contribution in [3.05, 3.63) is 39.2 Å². The Balaban J connectivity index is 3.29. The minimum Gasteiger partial charge on any atom is -0.478 e. The zero-order valence-corrected chi connectivity index (χ0v) is 10.7. The molecule has 0 unspecified atom stereocenters. The Labute approximate surface area is 109 Å². The highest BCUT2D eigenvalue weighted by atomic mass is 16.6. The largest absolute Gasteiger partial charge is 0.478 e. The minimum absolute atomic E-state index is 0.0485. The predicted octanol–water partition coefficient (Wildman–Crippen LogP) is 1.85. The van der Waals surface area contributed by atoms with E-state index in [1.807, 2.05) is 6.92 Å². The smallest absolute Gasteiger partial charge is 0.333 e. The van der Waals surface area contributed by atoms with Crippen LogP contribution >= 0.6 is 0 Å². The van der Waals surface area contributed by atoms with Crippen molar-refractivity contribution in [3.8, 4) is 0 Å². The number of aromatic nitrogens is 1. The third-order valence-electron chi connectivity index (χ3n) is 2.61. The number of carboxylic acids is 1. The van der Waals surface area contributed by atoms with Gasteiger partial charge in [-0.2, -0.15) is 0 Å². The third-order valence-corrected chi connectivity index (χ3v) is 2.61. The number of carbonyl (C=O) groups is 1. The van der Waals surface area contributed by atoms with E-state index in [1.54, 1.807) is 0 Å². The zero-order valence-electron chi connectivity index (χ0n) is 10.7. The fourth-order valence-corrected chi connectivity index (χ4v) is 1.66. The van der Waals surface area contributed by atoms with Crippen molar-refractivity contribution in [3.63, 3.8) is 0 Å². The molecule has 0 bridgehead atoms. The zero-order chi connectivity index (χ0) is 14.6. The lowest BCUT2D eigenvalue weighted by Gasteiger charge is -2.07. The maximum atomic E-state index is 11.1. The normalized spacial score (nSPS) is 11.9. The van der Waals surface area contributed by atoms with E-state index in [0.29, 0.717) is 12.8 Å². The molecule has 0 fully saturated rings. The van der Waals surface area contributed by atoms with Gasteiger partial charge in [-0.15, -0.1) is 0 Å². The molecule has 0 atom stereocenters. The fourth-order valence-electron chi connectivity index (χ4n) is 1.66. The van der Waals surface area contributed by atoms with E-state index >= 15 is 0 Å². The first-order chi connectivity index (χ1) is 8.88. The Morgan fingerprint density at radius 2 is 2.16 bits per heavy atom. The van der Waals surface area contributed by atoms with Crippen LogP contribution in [0.15, 0.2) is 17.7 Å². The molecule has 0 radical (unpaired) electrons. The van der Waals surface area contributed by atoms with E-state index in [-0.39, 0.29) is 28.3 Å². The molecule has 1 rings (SSSR count). The number of hydrogen-bond acceptors (Lipinski definition) is 5. The lowest BCUT2D eigenvalue weighted by Crippen LogP contribution is -2.11. The van der Waals surface area contributed by atoms with E-state index in [4.69, 9.17) is 10.8 Å². The molecule has 0 aromatic carbocycles. The SMILES string of the molecule is CCC/C(C(=O)O)=C(\N)c1ccc([N+](=O)[O-])c(C)n1. The standard InChI is InChI=1S/C12H15N3O4/c1-3-4-8(12(16)17)11(13)9-5-6-10(15(18)19)7(2)14-9/h5-6H,3-4,13H2,1-2H3,(H,16,17)/b11-8+. The summed E-state index contributed by atoms with van der Waals surface area (Å²) in [5, 5.41) is 19.8. The van der Waals surface area contributed by atoms with Crippen LogP contribution in [0.1, 0.15) is 31.2 Å². The first-order valence-corrected chi connectivity index (χ1v) is 5.72. The summed E-state index contributed by atoms with van der Waals surface area (Å²) in [6.45, 7) is 3.32. The Morgan fingerprint density at radius 3 is 2.58 bits per heavy atom. The number of nitro groups is 1. The Kier molecular flexibility index (Phi) is 4.57. The molecule has 0 aliphatic rings. The van der Waals surface area contributed by atoms with Crippen LogP contribution in [0.5, 0.6) is 0 Å². The van der Waals surface area contributed by atoms with Gasteiger partial charge in [0.2, 0.25) is 0 Å². The van der Waals surface area contributed by atoms with Crippen molar-refractivity contribution >= 4 is 17.4 Å². The number of hydrogen-bond donors (Lipinski definition) is 2. The lowest BCUT2D eigenvalue weighted by atomic mass is 10.1. The second-order valence-corrected chi connectivity index (χ2v) is 4.01. The van der Waals surface area contributed by atoms with Crippen LogP contribution in [0.2, 0.25) is 0 Å². The number of aryl methyl sites for hydroxylation is 1. The number of aliphatic carboxylic acids is 1. The maximum Gasteiger partial charge on any atom is 0.333 e. The van der Waals surface area contributed by atoms with E-state index in [0.717, 1.165) is 0 Å². The summed E-state index contributed by atoms with van der Waals surface area (Å²) in [6, 6.07) is 2.63. The minimum atomic E-state index is -1.10. The van der Waals surface area contributed by atoms with Crippen molar-refractivity contribution in [1.82, 2.24) is 4.98 Å². The highest BCUT2D eigenvalue weighted by Crippen LogP contribution is 2.21. The predicted molar refractivity (Wildman–Crippen MR) is 69.3 cm³/mol. The van der Waals surface area contributed by atoms with Crippen LogP contribution in [0.3, 0.4) is 0 Å². The molecule has 0 amide bonds. The van der Waals surface area contributed by atoms with Gasteiger partial charge >= 0.3 is 5.97 Å². The van der Waals surface area contributed by atoms with E-state index < -0.39 is 10.9 Å². The molecule has 1 aromatic rings. The summed E-state index contributed by atoms with van der Waals surface area (Å²) in [5.41, 5.74) is 6.23. The first-order valence-electron chi connectivity index (χ1n) is 5.72. The molecule has 1 aromatic heterocycles. The van der Waals surface area contributed by atoms with Crippen LogP contribution in [0, 0.1) is 17.0 Å². The highest BCUT2D eigenvalue weighted by molar-refractivity contribution is 5.95. The van der Waals surface area contributed by atoms with Crippen molar-refractivity contribution in [2.75, 3.05) is 0 Å². The molecule has 19 heavy (non-hydrogen) atoms. The van der Waals surface area contributed by atoms with Crippen molar-refractivity contribution in [2.24, 2.45) is 5.73 Å². The summed E-state index contributed by atoms with van der Waals surface area (Å²) in [6.07, 6.45) is 0.952. The Hall–Kier alpha value is -2.44. The van der Waals surface area contributed by atoms with E-state index in [1.165, 1.54) is 19.1 Å². The molecular weight excluding hydrogens is 250 g/mol. The molecule has 1 heterocycles. The summed E-state index contributed by atoms with van der Waals surface area (Å²) in [4.78, 5) is 25.2. The molecular formula is C12H15N3O4. The summed E-state index contributed by atoms with van der Waals surface area (Å²) >= 11 is 0. The number of rotatable bonds is 5. The number of nitrogens with zero attached hydrogens (tertiary/aromatic N) is 2. The molecule has 0 saturated heterocycles. The number of pyridine rings is 1. The Morgan fingerprint density at radius 1 is 1.53 bits per heavy atom. The summed E-state index contributed by atoms with van der Waals surface area (Å²) < 4.78 is 0. The van der Waals surface area contributed by atoms with Crippen molar-refractivity contribution in [1.29, 1.82) is 0 Å². The van der Waals surface area contributed by atoms with Gasteiger partial charge in [0.15, 0.2) is 0 Å². The number of carboxylic acid groups (broad SMARTS) is 1. The molecule has 0 aliphatic heterocycles. The fraction of sp³-hybridized carbons (Fsp3) is 0.333. The van der Waals surface area contributed by atoms with Crippen molar-refractivity contribution < 1.29 is 14.8 Å². The van der Waals surface area contributed by atoms with Crippen LogP contribution in [-0.4, -0.2) is 21.0 Å². The summed E-state index contributed by atoms with van der Waals surface area (Å²) in [7, 11) is 0. The molecule has 0 spiro atoms. The van der Waals surface area contributed by atoms with Crippen LogP contribution < -0.4 is 5.73 Å². The quantitative estimate of drug-likeness (QED) is 0.476. The average molecular weight is 265 g/mol. The molecule has 7 nitrogen and oxygen atoms in total. The van der Waals surface area contributed by atoms with Crippen LogP contribution in [0.25, 0.3) is 5.70 Å². The topological polar surface area (TPSA) is 119 Å². The van der Waals surface area contributed by atoms with Gasteiger partial charge in [0.05, 0.1) is 21.9 Å². The van der Waals surface area contributed by atoms with Gasteiger partial charge in [0.25, 0.3) is 5.69 Å². The Bertz CT molecular complexity index is 552. The van der Waals surface area contributed by atoms with Crippen LogP contribution in [-0.2, 0) is 4.79 Å². The molecule has 7 heteroatoms. The van der Waals surface area contributed by atoms with Gasteiger partial charge in [-0.3, -0.25) is 10.1 Å². The monoisotopic (exact) mass is 265 g/mol. The van der Waals surface area contributed by atoms with E-state index in [2.05, 4.69) is 4.98 Å². The van der Waals surface area contributed by atoms with Gasteiger partial charge in [-0.25, -0.2) is 9.78 Å². The molecule has 3 N–H and O–H groups in total. The first kappa shape index (κ1) is 14.6. The van der Waals surface area contributed by atoms with Gasteiger partial charge < -0.3 is 10.8 Å². The molecule has 0 aliphatic carbocycles. The van der Waals surface area contributed by atoms with Gasteiger partial charge in [-0.05, 0) is 19.4 Å². The molecule has 0 saturated carbocycles. The summed E-state index contributed by atoms with van der Waals surface area (Å²) in [5.74, 6) is -1.10. The van der Waals surface area contributed by atoms with Gasteiger partial charge in [-0.1, -0.05) is 13.3 Å². The second-order valence-electron chi connectivity index (χ2n) is 4.01. The lowest BCUT2D eigenvalue weighted by molar-refractivity contribution is -0.385.